The van der Waals surface area contributed by atoms with Crippen LogP contribution in [0, 0.1) is 0 Å². The minimum absolute atomic E-state index is 0.00783. The van der Waals surface area contributed by atoms with Crippen molar-refractivity contribution in [2.45, 2.75) is 244 Å². The van der Waals surface area contributed by atoms with Crippen LogP contribution >= 0.6 is 7.82 Å². The Morgan fingerprint density at radius 3 is 1.44 bits per heavy atom. The number of aliphatic hydroxyl groups is 1. The monoisotopic (exact) mass is 893 g/mol. The van der Waals surface area contributed by atoms with E-state index in [1.165, 1.54) is 173 Å². The fourth-order valence-electron chi connectivity index (χ4n) is 7.40. The van der Waals surface area contributed by atoms with Gasteiger partial charge in [0.05, 0.1) is 39.9 Å². The molecule has 0 radical (unpaired) electrons. The van der Waals surface area contributed by atoms with Crippen molar-refractivity contribution in [3.63, 3.8) is 0 Å². The predicted octanol–water partition coefficient (Wildman–Crippen LogP) is 14.6. The number of hydrogen-bond donors (Lipinski definition) is 2. The number of allylic oxidation sites excluding steroid dienone is 7. The molecule has 1 amide bonds. The molecular formula is C53H101N2O6P. The Morgan fingerprint density at radius 2 is 0.952 bits per heavy atom. The summed E-state index contributed by atoms with van der Waals surface area (Å²) < 4.78 is 23.3. The Balaban J connectivity index is 4.35. The minimum Gasteiger partial charge on any atom is -0.756 e. The third-order valence-electron chi connectivity index (χ3n) is 11.5. The molecule has 0 bridgehead atoms. The summed E-state index contributed by atoms with van der Waals surface area (Å²) in [5, 5.41) is 13.8. The van der Waals surface area contributed by atoms with E-state index in [1.54, 1.807) is 6.08 Å². The number of phosphoric ester groups is 1. The maximum Gasteiger partial charge on any atom is 0.268 e. The Hall–Kier alpha value is -1.54. The second-order valence-corrected chi connectivity index (χ2v) is 20.3. The summed E-state index contributed by atoms with van der Waals surface area (Å²) in [7, 11) is 1.24. The molecule has 3 atom stereocenters. The summed E-state index contributed by atoms with van der Waals surface area (Å²) in [5.41, 5.74) is 0. The number of carbonyl (C=O) groups excluding carboxylic acids is 1. The fourth-order valence-corrected chi connectivity index (χ4v) is 8.12. The topological polar surface area (TPSA) is 108 Å². The van der Waals surface area contributed by atoms with Crippen molar-refractivity contribution in [2.75, 3.05) is 40.9 Å². The molecule has 0 fully saturated rings. The lowest BCUT2D eigenvalue weighted by molar-refractivity contribution is -0.870. The van der Waals surface area contributed by atoms with Crippen molar-refractivity contribution < 1.29 is 32.9 Å². The van der Waals surface area contributed by atoms with Crippen LogP contribution in [0.1, 0.15) is 232 Å². The molecule has 3 unspecified atom stereocenters. The second kappa shape index (κ2) is 44.7. The molecule has 0 aromatic rings. The van der Waals surface area contributed by atoms with Gasteiger partial charge in [-0.1, -0.05) is 217 Å². The molecule has 2 N–H and O–H groups in total. The summed E-state index contributed by atoms with van der Waals surface area (Å²) >= 11 is 0. The second-order valence-electron chi connectivity index (χ2n) is 18.9. The van der Waals surface area contributed by atoms with E-state index in [0.29, 0.717) is 17.4 Å². The lowest BCUT2D eigenvalue weighted by atomic mass is 10.0. The number of phosphoric acid groups is 1. The zero-order chi connectivity index (χ0) is 45.7. The number of nitrogens with one attached hydrogen (secondary N) is 1. The molecule has 9 heteroatoms. The molecule has 0 aliphatic rings. The van der Waals surface area contributed by atoms with Gasteiger partial charge in [-0.3, -0.25) is 9.36 Å². The molecule has 0 saturated heterocycles. The van der Waals surface area contributed by atoms with Crippen molar-refractivity contribution in [3.05, 3.63) is 48.6 Å². The third kappa shape index (κ3) is 46.5. The SMILES string of the molecule is CCCCC/C=C\C=C/CCCCCCCCCCCCC(=O)NC(COP(=O)([O-])OCC[N+](C)(C)C)C(O)/C=C/CC/C=C/CCCCCCCCCCCCCCCCC. The largest absolute Gasteiger partial charge is 0.756 e. The summed E-state index contributed by atoms with van der Waals surface area (Å²) in [4.78, 5) is 25.4. The van der Waals surface area contributed by atoms with Crippen LogP contribution in [0.3, 0.4) is 0 Å². The Kier molecular flexibility index (Phi) is 43.5. The molecule has 0 saturated carbocycles. The summed E-state index contributed by atoms with van der Waals surface area (Å²) in [6, 6.07) is -0.906. The Morgan fingerprint density at radius 1 is 0.565 bits per heavy atom. The number of amides is 1. The predicted molar refractivity (Wildman–Crippen MR) is 265 cm³/mol. The van der Waals surface area contributed by atoms with Gasteiger partial charge in [-0.25, -0.2) is 0 Å². The average Bonchev–Trinajstić information content (AvgIpc) is 3.23. The number of aliphatic hydroxyl groups excluding tert-OH is 1. The zero-order valence-corrected chi connectivity index (χ0v) is 42.2. The molecule has 0 heterocycles. The van der Waals surface area contributed by atoms with Gasteiger partial charge >= 0.3 is 0 Å². The molecule has 0 aromatic heterocycles. The molecule has 0 rings (SSSR count). The van der Waals surface area contributed by atoms with E-state index in [0.717, 1.165) is 38.5 Å². The number of quaternary nitrogens is 1. The third-order valence-corrected chi connectivity index (χ3v) is 12.5. The Bertz CT molecular complexity index is 1150. The molecule has 0 aliphatic carbocycles. The molecule has 0 spiro atoms. The number of hydrogen-bond acceptors (Lipinski definition) is 6. The summed E-state index contributed by atoms with van der Waals surface area (Å²) in [6.07, 6.45) is 57.4. The van der Waals surface area contributed by atoms with Crippen molar-refractivity contribution in [3.8, 4) is 0 Å². The van der Waals surface area contributed by atoms with Gasteiger partial charge in [-0.2, -0.15) is 0 Å². The smallest absolute Gasteiger partial charge is 0.268 e. The number of carbonyl (C=O) groups is 1. The van der Waals surface area contributed by atoms with Crippen LogP contribution in [0.2, 0.25) is 0 Å². The van der Waals surface area contributed by atoms with Gasteiger partial charge in [-0.05, 0) is 57.8 Å². The lowest BCUT2D eigenvalue weighted by Crippen LogP contribution is -2.45. The van der Waals surface area contributed by atoms with Crippen LogP contribution < -0.4 is 10.2 Å². The van der Waals surface area contributed by atoms with Crippen LogP contribution in [0.15, 0.2) is 48.6 Å². The van der Waals surface area contributed by atoms with Crippen LogP contribution in [0.4, 0.5) is 0 Å². The van der Waals surface area contributed by atoms with E-state index in [2.05, 4.69) is 55.6 Å². The van der Waals surface area contributed by atoms with E-state index in [1.807, 2.05) is 27.2 Å². The minimum atomic E-state index is -4.60. The number of likely N-dealkylation sites (N-methyl/N-ethyl adjacent to an activating group) is 1. The highest BCUT2D eigenvalue weighted by atomic mass is 31.2. The van der Waals surface area contributed by atoms with E-state index in [9.17, 15) is 19.4 Å². The Labute approximate surface area is 384 Å². The molecule has 8 nitrogen and oxygen atoms in total. The molecule has 364 valence electrons. The first kappa shape index (κ1) is 60.5. The van der Waals surface area contributed by atoms with Crippen molar-refractivity contribution in [1.29, 1.82) is 0 Å². The standard InChI is InChI=1S/C53H101N2O6P/c1-6-8-10-12-14-16-18-20-22-24-26-27-29-30-32-34-36-38-40-42-44-46-52(56)51(50-61-62(58,59)60-49-48-55(3,4)5)54-53(57)47-45-43-41-39-37-35-33-31-28-25-23-21-19-17-15-13-11-9-7-2/h15,17,19,21,36,38,44,46,51-52,56H,6-14,16,18,20,22-35,37,39-43,45,47-50H2,1-5H3,(H-,54,57,58,59)/b17-15-,21-19-,38-36+,46-44+. The molecule has 0 aromatic carbocycles. The van der Waals surface area contributed by atoms with Gasteiger partial charge in [0.2, 0.25) is 5.91 Å². The van der Waals surface area contributed by atoms with Gasteiger partial charge < -0.3 is 28.8 Å². The summed E-state index contributed by atoms with van der Waals surface area (Å²) in [6.45, 7) is 4.61. The fraction of sp³-hybridized carbons (Fsp3) is 0.830. The van der Waals surface area contributed by atoms with Crippen LogP contribution in [-0.4, -0.2) is 68.5 Å². The van der Waals surface area contributed by atoms with Crippen molar-refractivity contribution in [1.82, 2.24) is 5.32 Å². The van der Waals surface area contributed by atoms with E-state index < -0.39 is 26.6 Å². The summed E-state index contributed by atoms with van der Waals surface area (Å²) in [5.74, 6) is -0.211. The van der Waals surface area contributed by atoms with Gasteiger partial charge in [0.25, 0.3) is 7.82 Å². The lowest BCUT2D eigenvalue weighted by Gasteiger charge is -2.29. The average molecular weight is 893 g/mol. The van der Waals surface area contributed by atoms with Gasteiger partial charge in [0, 0.05) is 6.42 Å². The van der Waals surface area contributed by atoms with Gasteiger partial charge in [0.15, 0.2) is 0 Å². The van der Waals surface area contributed by atoms with E-state index >= 15 is 0 Å². The highest BCUT2D eigenvalue weighted by Gasteiger charge is 2.23. The van der Waals surface area contributed by atoms with Crippen molar-refractivity contribution >= 4 is 13.7 Å². The van der Waals surface area contributed by atoms with Crippen LogP contribution in [0.25, 0.3) is 0 Å². The highest BCUT2D eigenvalue weighted by Crippen LogP contribution is 2.38. The number of nitrogens with zero attached hydrogens (tertiary/aromatic N) is 1. The molecular weight excluding hydrogens is 792 g/mol. The number of unbranched alkanes of at least 4 members (excludes halogenated alkanes) is 29. The highest BCUT2D eigenvalue weighted by molar-refractivity contribution is 7.45. The first-order valence-corrected chi connectivity index (χ1v) is 27.5. The van der Waals surface area contributed by atoms with Crippen LogP contribution in [0.5, 0.6) is 0 Å². The van der Waals surface area contributed by atoms with Crippen molar-refractivity contribution in [2.24, 2.45) is 0 Å². The maximum atomic E-state index is 12.9. The van der Waals surface area contributed by atoms with Crippen LogP contribution in [-0.2, 0) is 18.4 Å². The normalized spacial score (nSPS) is 14.5. The zero-order valence-electron chi connectivity index (χ0n) is 41.3. The van der Waals surface area contributed by atoms with Gasteiger partial charge in [-0.15, -0.1) is 0 Å². The quantitative estimate of drug-likeness (QED) is 0.0207. The molecule has 0 aliphatic heterocycles. The maximum absolute atomic E-state index is 12.9. The van der Waals surface area contributed by atoms with E-state index in [-0.39, 0.29) is 12.5 Å². The first-order chi connectivity index (χ1) is 30.0. The molecule has 62 heavy (non-hydrogen) atoms. The van der Waals surface area contributed by atoms with E-state index in [4.69, 9.17) is 9.05 Å². The number of rotatable bonds is 47. The first-order valence-electron chi connectivity index (χ1n) is 26.0. The van der Waals surface area contributed by atoms with Gasteiger partial charge in [0.1, 0.15) is 13.2 Å².